The monoisotopic (exact) mass is 151 g/mol. The minimum atomic E-state index is 0.235. The molecule has 11 heavy (non-hydrogen) atoms. The molecule has 1 aliphatic heterocycles. The van der Waals surface area contributed by atoms with Crippen LogP contribution in [-0.4, -0.2) is 11.5 Å². The quantitative estimate of drug-likeness (QED) is 0.610. The highest BCUT2D eigenvalue weighted by molar-refractivity contribution is 4.91. The average Bonchev–Trinajstić information content (AvgIpc) is 2.58. The molecule has 1 saturated heterocycles. The van der Waals surface area contributed by atoms with E-state index < -0.39 is 0 Å². The Hall–Kier alpha value is -0.830. The molecule has 0 aromatic carbocycles. The first-order valence-electron chi connectivity index (χ1n) is 4.03. The summed E-state index contributed by atoms with van der Waals surface area (Å²) in [5.41, 5.74) is 0. The van der Waals surface area contributed by atoms with Crippen LogP contribution in [0, 0.1) is 0 Å². The molecule has 1 unspecified atom stereocenters. The normalized spacial score (nSPS) is 25.3. The summed E-state index contributed by atoms with van der Waals surface area (Å²) >= 11 is 0. The van der Waals surface area contributed by atoms with Crippen LogP contribution in [0.1, 0.15) is 31.2 Å². The Morgan fingerprint density at radius 3 is 3.09 bits per heavy atom. The minimum absolute atomic E-state index is 0.235. The van der Waals surface area contributed by atoms with E-state index in [1.54, 1.807) is 12.5 Å². The number of nitrogens with zero attached hydrogens (tertiary/aromatic N) is 2. The molecule has 1 atom stereocenters. The topological polar surface area (TPSA) is 40.1 Å². The summed E-state index contributed by atoms with van der Waals surface area (Å²) < 4.78 is 5.17. The molecule has 1 fully saturated rings. The molecule has 0 amide bonds. The van der Waals surface area contributed by atoms with Crippen molar-refractivity contribution in [1.82, 2.24) is 10.3 Å². The molecule has 1 aromatic rings. The number of hydrogen-bond donors (Lipinski definition) is 0. The fraction of sp³-hybridized carbons (Fsp3) is 0.625. The molecule has 0 aliphatic carbocycles. The fourth-order valence-electron chi connectivity index (χ4n) is 1.39. The zero-order valence-electron chi connectivity index (χ0n) is 6.36. The summed E-state index contributed by atoms with van der Waals surface area (Å²) in [5.74, 6) is 0.782. The van der Waals surface area contributed by atoms with Crippen molar-refractivity contribution in [3.63, 3.8) is 0 Å². The predicted molar refractivity (Wildman–Crippen MR) is 40.1 cm³/mol. The molecule has 0 N–H and O–H groups in total. The maximum absolute atomic E-state index is 5.17. The molecule has 1 aromatic heterocycles. The SMILES string of the molecule is c1coc(C2CCCC[N]2)n1. The van der Waals surface area contributed by atoms with Gasteiger partial charge in [-0.05, 0) is 19.3 Å². The Morgan fingerprint density at radius 1 is 1.45 bits per heavy atom. The van der Waals surface area contributed by atoms with Gasteiger partial charge >= 0.3 is 0 Å². The molecule has 1 radical (unpaired) electrons. The van der Waals surface area contributed by atoms with Gasteiger partial charge in [-0.2, -0.15) is 0 Å². The van der Waals surface area contributed by atoms with E-state index in [2.05, 4.69) is 10.3 Å². The second-order valence-corrected chi connectivity index (χ2v) is 2.79. The van der Waals surface area contributed by atoms with Crippen LogP contribution in [-0.2, 0) is 0 Å². The molecule has 0 spiro atoms. The van der Waals surface area contributed by atoms with Crippen molar-refractivity contribution in [2.45, 2.75) is 25.3 Å². The third-order valence-corrected chi connectivity index (χ3v) is 1.97. The minimum Gasteiger partial charge on any atom is -0.447 e. The maximum Gasteiger partial charge on any atom is 0.212 e. The highest BCUT2D eigenvalue weighted by atomic mass is 16.3. The molecule has 3 heteroatoms. The smallest absolute Gasteiger partial charge is 0.212 e. The molecular formula is C8H11N2O. The summed E-state index contributed by atoms with van der Waals surface area (Å²) in [6.45, 7) is 0.965. The Kier molecular flexibility index (Phi) is 1.90. The van der Waals surface area contributed by atoms with E-state index in [-0.39, 0.29) is 6.04 Å². The Labute approximate surface area is 65.8 Å². The lowest BCUT2D eigenvalue weighted by molar-refractivity contribution is 0.332. The van der Waals surface area contributed by atoms with Crippen LogP contribution in [0.5, 0.6) is 0 Å². The number of aromatic nitrogens is 1. The maximum atomic E-state index is 5.17. The van der Waals surface area contributed by atoms with Gasteiger partial charge in [-0.15, -0.1) is 0 Å². The van der Waals surface area contributed by atoms with Crippen molar-refractivity contribution in [2.24, 2.45) is 0 Å². The Bertz CT molecular complexity index is 202. The van der Waals surface area contributed by atoms with Gasteiger partial charge < -0.3 is 4.42 Å². The average molecular weight is 151 g/mol. The number of rotatable bonds is 1. The van der Waals surface area contributed by atoms with E-state index in [0.717, 1.165) is 18.9 Å². The molecule has 0 bridgehead atoms. The van der Waals surface area contributed by atoms with Crippen LogP contribution in [0.3, 0.4) is 0 Å². The third kappa shape index (κ3) is 1.43. The van der Waals surface area contributed by atoms with Crippen LogP contribution in [0.4, 0.5) is 0 Å². The summed E-state index contributed by atoms with van der Waals surface area (Å²) in [7, 11) is 0. The summed E-state index contributed by atoms with van der Waals surface area (Å²) in [5, 5.41) is 4.42. The lowest BCUT2D eigenvalue weighted by Crippen LogP contribution is -2.20. The molecular weight excluding hydrogens is 140 g/mol. The molecule has 2 rings (SSSR count). The van der Waals surface area contributed by atoms with Gasteiger partial charge in [-0.1, -0.05) is 0 Å². The molecule has 59 valence electrons. The van der Waals surface area contributed by atoms with Gasteiger partial charge in [0.25, 0.3) is 0 Å². The van der Waals surface area contributed by atoms with E-state index in [4.69, 9.17) is 4.42 Å². The van der Waals surface area contributed by atoms with Crippen LogP contribution in [0.25, 0.3) is 0 Å². The van der Waals surface area contributed by atoms with Crippen LogP contribution >= 0.6 is 0 Å². The van der Waals surface area contributed by atoms with E-state index in [1.807, 2.05) is 0 Å². The highest BCUT2D eigenvalue weighted by Crippen LogP contribution is 2.22. The molecule has 1 aliphatic rings. The van der Waals surface area contributed by atoms with Crippen molar-refractivity contribution in [2.75, 3.05) is 6.54 Å². The van der Waals surface area contributed by atoms with Gasteiger partial charge in [0.1, 0.15) is 12.3 Å². The van der Waals surface area contributed by atoms with Crippen LogP contribution in [0.2, 0.25) is 0 Å². The van der Waals surface area contributed by atoms with Gasteiger partial charge in [0.2, 0.25) is 5.89 Å². The third-order valence-electron chi connectivity index (χ3n) is 1.97. The van der Waals surface area contributed by atoms with E-state index in [1.165, 1.54) is 12.8 Å². The van der Waals surface area contributed by atoms with E-state index >= 15 is 0 Å². The largest absolute Gasteiger partial charge is 0.447 e. The van der Waals surface area contributed by atoms with Gasteiger partial charge in [0, 0.05) is 6.54 Å². The Balaban J connectivity index is 2.04. The fourth-order valence-corrected chi connectivity index (χ4v) is 1.39. The first-order valence-corrected chi connectivity index (χ1v) is 4.03. The van der Waals surface area contributed by atoms with Gasteiger partial charge in [-0.3, -0.25) is 0 Å². The van der Waals surface area contributed by atoms with Crippen molar-refractivity contribution in [3.05, 3.63) is 18.4 Å². The first kappa shape index (κ1) is 6.85. The summed E-state index contributed by atoms with van der Waals surface area (Å²) in [4.78, 5) is 4.08. The van der Waals surface area contributed by atoms with Crippen molar-refractivity contribution in [3.8, 4) is 0 Å². The zero-order valence-corrected chi connectivity index (χ0v) is 6.36. The van der Waals surface area contributed by atoms with Gasteiger partial charge in [0.05, 0.1) is 6.20 Å². The number of oxazole rings is 1. The molecule has 0 saturated carbocycles. The Morgan fingerprint density at radius 2 is 2.45 bits per heavy atom. The van der Waals surface area contributed by atoms with Crippen molar-refractivity contribution < 1.29 is 4.42 Å². The summed E-state index contributed by atoms with van der Waals surface area (Å²) in [6, 6.07) is 0.235. The second-order valence-electron chi connectivity index (χ2n) is 2.79. The standard InChI is InChI=1S/C8H11N2O/c1-2-4-9-7(3-1)8-10-5-6-11-8/h5-7H,1-4H2. The van der Waals surface area contributed by atoms with Crippen LogP contribution in [0.15, 0.2) is 16.9 Å². The first-order chi connectivity index (χ1) is 5.47. The second kappa shape index (κ2) is 3.05. The lowest BCUT2D eigenvalue weighted by atomic mass is 10.1. The lowest BCUT2D eigenvalue weighted by Gasteiger charge is -2.17. The zero-order chi connectivity index (χ0) is 7.52. The molecule has 3 nitrogen and oxygen atoms in total. The van der Waals surface area contributed by atoms with Crippen molar-refractivity contribution >= 4 is 0 Å². The van der Waals surface area contributed by atoms with Gasteiger partial charge in [-0.25, -0.2) is 10.3 Å². The van der Waals surface area contributed by atoms with E-state index in [0.29, 0.717) is 0 Å². The van der Waals surface area contributed by atoms with Gasteiger partial charge in [0.15, 0.2) is 0 Å². The van der Waals surface area contributed by atoms with E-state index in [9.17, 15) is 0 Å². The molecule has 2 heterocycles. The predicted octanol–water partition coefficient (Wildman–Crippen LogP) is 1.50. The number of hydrogen-bond acceptors (Lipinski definition) is 2. The van der Waals surface area contributed by atoms with Crippen molar-refractivity contribution in [1.29, 1.82) is 0 Å². The summed E-state index contributed by atoms with van der Waals surface area (Å²) in [6.07, 6.45) is 6.85. The number of piperidine rings is 1. The highest BCUT2D eigenvalue weighted by Gasteiger charge is 2.19. The van der Waals surface area contributed by atoms with Crippen LogP contribution < -0.4 is 5.32 Å².